The highest BCUT2D eigenvalue weighted by Gasteiger charge is 2.09. The van der Waals surface area contributed by atoms with Gasteiger partial charge in [0.25, 0.3) is 0 Å². The number of ether oxygens (including phenoxy) is 1. The Bertz CT molecular complexity index is 378. The van der Waals surface area contributed by atoms with Crippen molar-refractivity contribution in [3.05, 3.63) is 29.8 Å². The molecule has 2 unspecified atom stereocenters. The molecule has 0 aliphatic heterocycles. The van der Waals surface area contributed by atoms with E-state index in [0.717, 1.165) is 37.1 Å². The molecule has 0 saturated heterocycles. The molecule has 4 heteroatoms. The lowest BCUT2D eigenvalue weighted by atomic mass is 10.0. The summed E-state index contributed by atoms with van der Waals surface area (Å²) in [6.07, 6.45) is 2.51. The summed E-state index contributed by atoms with van der Waals surface area (Å²) in [6, 6.07) is 7.81. The Balaban J connectivity index is 2.19. The van der Waals surface area contributed by atoms with E-state index in [2.05, 4.69) is 12.2 Å². The SMILES string of the molecule is CCCC(CCO)CNCC(O)COc1cccc(C)c1. The van der Waals surface area contributed by atoms with Gasteiger partial charge in [0, 0.05) is 13.2 Å². The van der Waals surface area contributed by atoms with Gasteiger partial charge < -0.3 is 20.3 Å². The van der Waals surface area contributed by atoms with Crippen LogP contribution >= 0.6 is 0 Å². The number of hydrogen-bond donors (Lipinski definition) is 3. The van der Waals surface area contributed by atoms with Crippen molar-refractivity contribution in [2.45, 2.75) is 39.2 Å². The second-order valence-corrected chi connectivity index (χ2v) is 5.61. The van der Waals surface area contributed by atoms with Gasteiger partial charge in [0.15, 0.2) is 0 Å². The molecule has 0 aliphatic rings. The predicted molar refractivity (Wildman–Crippen MR) is 85.7 cm³/mol. The molecule has 0 radical (unpaired) electrons. The van der Waals surface area contributed by atoms with Crippen molar-refractivity contribution < 1.29 is 14.9 Å². The molecule has 0 saturated carbocycles. The highest BCUT2D eigenvalue weighted by atomic mass is 16.5. The highest BCUT2D eigenvalue weighted by Crippen LogP contribution is 2.12. The molecule has 0 amide bonds. The molecule has 1 rings (SSSR count). The number of nitrogens with one attached hydrogen (secondary N) is 1. The molecule has 0 heterocycles. The Hall–Kier alpha value is -1.10. The zero-order valence-electron chi connectivity index (χ0n) is 13.2. The van der Waals surface area contributed by atoms with Crippen molar-refractivity contribution in [1.29, 1.82) is 0 Å². The standard InChI is InChI=1S/C17H29NO3/c1-3-5-15(8-9-19)11-18-12-16(20)13-21-17-7-4-6-14(2)10-17/h4,6-7,10,15-16,18-20H,3,5,8-9,11-13H2,1-2H3. The van der Waals surface area contributed by atoms with Crippen molar-refractivity contribution in [1.82, 2.24) is 5.32 Å². The van der Waals surface area contributed by atoms with Gasteiger partial charge in [-0.3, -0.25) is 0 Å². The first kappa shape index (κ1) is 18.0. The van der Waals surface area contributed by atoms with Gasteiger partial charge >= 0.3 is 0 Å². The van der Waals surface area contributed by atoms with Crippen LogP contribution in [0.25, 0.3) is 0 Å². The summed E-state index contributed by atoms with van der Waals surface area (Å²) in [7, 11) is 0. The molecule has 21 heavy (non-hydrogen) atoms. The summed E-state index contributed by atoms with van der Waals surface area (Å²) in [5, 5.41) is 22.2. The molecular formula is C17H29NO3. The van der Waals surface area contributed by atoms with Crippen molar-refractivity contribution in [3.63, 3.8) is 0 Å². The summed E-state index contributed by atoms with van der Waals surface area (Å²) in [5.74, 6) is 1.27. The molecule has 0 bridgehead atoms. The number of hydrogen-bond acceptors (Lipinski definition) is 4. The maximum Gasteiger partial charge on any atom is 0.119 e. The molecule has 2 atom stereocenters. The predicted octanol–water partition coefficient (Wildman–Crippen LogP) is 2.12. The maximum atomic E-state index is 9.92. The molecule has 0 spiro atoms. The molecule has 1 aromatic carbocycles. The number of aliphatic hydroxyl groups excluding tert-OH is 2. The van der Waals surface area contributed by atoms with Crippen molar-refractivity contribution in [2.24, 2.45) is 5.92 Å². The fourth-order valence-electron chi connectivity index (χ4n) is 2.35. The van der Waals surface area contributed by atoms with Crippen LogP contribution in [0.1, 0.15) is 31.7 Å². The minimum atomic E-state index is -0.526. The van der Waals surface area contributed by atoms with E-state index in [1.165, 1.54) is 0 Å². The third-order valence-electron chi connectivity index (χ3n) is 3.48. The molecular weight excluding hydrogens is 266 g/mol. The van der Waals surface area contributed by atoms with Crippen LogP contribution in [-0.2, 0) is 0 Å². The molecule has 1 aromatic rings. The first-order chi connectivity index (χ1) is 10.2. The Labute approximate surface area is 128 Å². The quantitative estimate of drug-likeness (QED) is 0.585. The summed E-state index contributed by atoms with van der Waals surface area (Å²) in [5.41, 5.74) is 1.14. The largest absolute Gasteiger partial charge is 0.491 e. The summed E-state index contributed by atoms with van der Waals surface area (Å²) < 4.78 is 5.57. The molecule has 120 valence electrons. The lowest BCUT2D eigenvalue weighted by Crippen LogP contribution is -2.34. The van der Waals surface area contributed by atoms with E-state index in [-0.39, 0.29) is 13.2 Å². The van der Waals surface area contributed by atoms with Gasteiger partial charge in [0.2, 0.25) is 0 Å². The summed E-state index contributed by atoms with van der Waals surface area (Å²) >= 11 is 0. The normalized spacial score (nSPS) is 13.9. The molecule has 4 nitrogen and oxygen atoms in total. The fourth-order valence-corrected chi connectivity index (χ4v) is 2.35. The second kappa shape index (κ2) is 10.6. The second-order valence-electron chi connectivity index (χ2n) is 5.61. The number of rotatable bonds is 11. The van der Waals surface area contributed by atoms with Gasteiger partial charge in [-0.1, -0.05) is 25.5 Å². The van der Waals surface area contributed by atoms with E-state index in [1.807, 2.05) is 31.2 Å². The fraction of sp³-hybridized carbons (Fsp3) is 0.647. The zero-order valence-corrected chi connectivity index (χ0v) is 13.2. The Kier molecular flexibility index (Phi) is 9.06. The van der Waals surface area contributed by atoms with Gasteiger partial charge in [-0.25, -0.2) is 0 Å². The third kappa shape index (κ3) is 8.05. The van der Waals surface area contributed by atoms with E-state index in [9.17, 15) is 5.11 Å². The first-order valence-corrected chi connectivity index (χ1v) is 7.84. The monoisotopic (exact) mass is 295 g/mol. The average molecular weight is 295 g/mol. The van der Waals surface area contributed by atoms with E-state index in [1.54, 1.807) is 0 Å². The highest BCUT2D eigenvalue weighted by molar-refractivity contribution is 5.27. The van der Waals surface area contributed by atoms with E-state index in [0.29, 0.717) is 12.5 Å². The van der Waals surface area contributed by atoms with Crippen molar-refractivity contribution in [2.75, 3.05) is 26.3 Å². The van der Waals surface area contributed by atoms with Crippen LogP contribution in [0.15, 0.2) is 24.3 Å². The van der Waals surface area contributed by atoms with Gasteiger partial charge in [-0.2, -0.15) is 0 Å². The summed E-state index contributed by atoms with van der Waals surface area (Å²) in [4.78, 5) is 0. The van der Waals surface area contributed by atoms with Crippen LogP contribution in [0.5, 0.6) is 5.75 Å². The minimum absolute atomic E-state index is 0.228. The average Bonchev–Trinajstić information content (AvgIpc) is 2.46. The van der Waals surface area contributed by atoms with E-state index in [4.69, 9.17) is 9.84 Å². The molecule has 0 aromatic heterocycles. The first-order valence-electron chi connectivity index (χ1n) is 7.84. The third-order valence-corrected chi connectivity index (χ3v) is 3.48. The van der Waals surface area contributed by atoms with Crippen LogP contribution in [0.4, 0.5) is 0 Å². The van der Waals surface area contributed by atoms with E-state index < -0.39 is 6.10 Å². The summed E-state index contributed by atoms with van der Waals surface area (Å²) in [6.45, 7) is 6.02. The minimum Gasteiger partial charge on any atom is -0.491 e. The van der Waals surface area contributed by atoms with Crippen LogP contribution < -0.4 is 10.1 Å². The molecule has 3 N–H and O–H groups in total. The number of aliphatic hydroxyl groups is 2. The van der Waals surface area contributed by atoms with Crippen molar-refractivity contribution in [3.8, 4) is 5.75 Å². The van der Waals surface area contributed by atoms with Gasteiger partial charge in [-0.15, -0.1) is 0 Å². The van der Waals surface area contributed by atoms with Crippen LogP contribution in [-0.4, -0.2) is 42.6 Å². The van der Waals surface area contributed by atoms with E-state index >= 15 is 0 Å². The van der Waals surface area contributed by atoms with Gasteiger partial charge in [-0.05, 0) is 49.9 Å². The molecule has 0 fully saturated rings. The Morgan fingerprint density at radius 2 is 2.05 bits per heavy atom. The molecule has 0 aliphatic carbocycles. The van der Waals surface area contributed by atoms with Gasteiger partial charge in [0.05, 0.1) is 0 Å². The number of aryl methyl sites for hydroxylation is 1. The van der Waals surface area contributed by atoms with Crippen LogP contribution in [0.3, 0.4) is 0 Å². The lowest BCUT2D eigenvalue weighted by molar-refractivity contribution is 0.105. The zero-order chi connectivity index (χ0) is 15.5. The lowest BCUT2D eigenvalue weighted by Gasteiger charge is -2.18. The number of benzene rings is 1. The smallest absolute Gasteiger partial charge is 0.119 e. The Morgan fingerprint density at radius 3 is 2.71 bits per heavy atom. The maximum absolute atomic E-state index is 9.92. The van der Waals surface area contributed by atoms with Crippen molar-refractivity contribution >= 4 is 0 Å². The van der Waals surface area contributed by atoms with Gasteiger partial charge in [0.1, 0.15) is 18.5 Å². The van der Waals surface area contributed by atoms with Crippen LogP contribution in [0.2, 0.25) is 0 Å². The Morgan fingerprint density at radius 1 is 1.24 bits per heavy atom. The van der Waals surface area contributed by atoms with Crippen LogP contribution in [0, 0.1) is 12.8 Å². The topological polar surface area (TPSA) is 61.7 Å².